The van der Waals surface area contributed by atoms with Gasteiger partial charge in [-0.05, 0) is 30.3 Å². The Labute approximate surface area is 118 Å². The van der Waals surface area contributed by atoms with E-state index in [-0.39, 0.29) is 5.02 Å². The van der Waals surface area contributed by atoms with Crippen LogP contribution in [0.25, 0.3) is 16.9 Å². The molecule has 19 heavy (non-hydrogen) atoms. The number of benzene rings is 1. The number of nitrogens with zero attached hydrogens (tertiary/aromatic N) is 2. The van der Waals surface area contributed by atoms with Crippen LogP contribution in [0.2, 0.25) is 10.0 Å². The van der Waals surface area contributed by atoms with Crippen molar-refractivity contribution >= 4 is 34.7 Å². The van der Waals surface area contributed by atoms with Gasteiger partial charge in [-0.1, -0.05) is 23.2 Å². The van der Waals surface area contributed by atoms with E-state index in [1.807, 2.05) is 0 Å². The fourth-order valence-electron chi connectivity index (χ4n) is 1.89. The Bertz CT molecular complexity index is 783. The lowest BCUT2D eigenvalue weighted by molar-refractivity contribution is 0.628. The van der Waals surface area contributed by atoms with Crippen molar-refractivity contribution < 1.29 is 4.39 Å². The Morgan fingerprint density at radius 1 is 1.16 bits per heavy atom. The number of hydrogen-bond donors (Lipinski definition) is 1. The van der Waals surface area contributed by atoms with Crippen molar-refractivity contribution in [2.24, 2.45) is 0 Å². The molecule has 0 aliphatic rings. The molecule has 0 saturated heterocycles. The maximum atomic E-state index is 13.2. The number of anilines is 1. The second-order valence-electron chi connectivity index (χ2n) is 4.05. The van der Waals surface area contributed by atoms with E-state index >= 15 is 0 Å². The number of nitrogen functional groups attached to an aromatic ring is 1. The van der Waals surface area contributed by atoms with Crippen molar-refractivity contribution in [3.05, 3.63) is 52.4 Å². The number of fused-ring (bicyclic) bond motifs is 1. The minimum absolute atomic E-state index is 0.0342. The van der Waals surface area contributed by atoms with Gasteiger partial charge in [0.25, 0.3) is 0 Å². The molecule has 3 rings (SSSR count). The number of rotatable bonds is 1. The zero-order valence-corrected chi connectivity index (χ0v) is 11.1. The summed E-state index contributed by atoms with van der Waals surface area (Å²) >= 11 is 11.7. The van der Waals surface area contributed by atoms with Crippen molar-refractivity contribution in [2.75, 3.05) is 5.73 Å². The van der Waals surface area contributed by atoms with Crippen LogP contribution in [-0.2, 0) is 0 Å². The Morgan fingerprint density at radius 3 is 2.68 bits per heavy atom. The molecule has 1 aromatic carbocycles. The van der Waals surface area contributed by atoms with Crippen molar-refractivity contribution in [2.45, 2.75) is 0 Å². The molecule has 0 spiro atoms. The van der Waals surface area contributed by atoms with Crippen molar-refractivity contribution in [1.29, 1.82) is 0 Å². The third-order valence-electron chi connectivity index (χ3n) is 2.81. The van der Waals surface area contributed by atoms with Crippen LogP contribution in [0.15, 0.2) is 36.5 Å². The van der Waals surface area contributed by atoms with Gasteiger partial charge in [0.1, 0.15) is 23.0 Å². The van der Waals surface area contributed by atoms with E-state index in [9.17, 15) is 4.39 Å². The molecule has 0 aliphatic carbocycles. The molecule has 0 saturated carbocycles. The molecule has 6 heteroatoms. The Balaban J connectivity index is 2.24. The first-order chi connectivity index (χ1) is 9.06. The van der Waals surface area contributed by atoms with E-state index < -0.39 is 5.82 Å². The molecule has 0 fully saturated rings. The highest BCUT2D eigenvalue weighted by Crippen LogP contribution is 2.30. The van der Waals surface area contributed by atoms with Gasteiger partial charge in [-0.2, -0.15) is 0 Å². The lowest BCUT2D eigenvalue weighted by Crippen LogP contribution is -1.94. The summed E-state index contributed by atoms with van der Waals surface area (Å²) in [7, 11) is 0. The van der Waals surface area contributed by atoms with E-state index in [0.717, 1.165) is 0 Å². The average molecular weight is 296 g/mol. The molecule has 3 aromatic rings. The lowest BCUT2D eigenvalue weighted by Gasteiger charge is -2.01. The fourth-order valence-corrected chi connectivity index (χ4v) is 2.23. The number of pyridine rings is 1. The van der Waals surface area contributed by atoms with Crippen molar-refractivity contribution in [1.82, 2.24) is 9.38 Å². The van der Waals surface area contributed by atoms with Crippen LogP contribution in [0.1, 0.15) is 0 Å². The summed E-state index contributed by atoms with van der Waals surface area (Å²) in [5.74, 6) is -0.0454. The first kappa shape index (κ1) is 12.3. The number of imidazole rings is 1. The zero-order valence-electron chi connectivity index (χ0n) is 9.57. The molecule has 0 unspecified atom stereocenters. The van der Waals surface area contributed by atoms with E-state index in [0.29, 0.717) is 27.7 Å². The van der Waals surface area contributed by atoms with Gasteiger partial charge in [0.15, 0.2) is 0 Å². The third-order valence-corrected chi connectivity index (χ3v) is 3.33. The van der Waals surface area contributed by atoms with Gasteiger partial charge in [0.05, 0.1) is 10.0 Å². The quantitative estimate of drug-likeness (QED) is 0.736. The van der Waals surface area contributed by atoms with Crippen LogP contribution >= 0.6 is 23.2 Å². The van der Waals surface area contributed by atoms with Crippen LogP contribution in [-0.4, -0.2) is 9.38 Å². The smallest absolute Gasteiger partial charge is 0.141 e. The first-order valence-corrected chi connectivity index (χ1v) is 6.20. The van der Waals surface area contributed by atoms with Gasteiger partial charge in [0, 0.05) is 11.8 Å². The predicted molar refractivity (Wildman–Crippen MR) is 75.0 cm³/mol. The van der Waals surface area contributed by atoms with Gasteiger partial charge in [-0.3, -0.25) is 4.40 Å². The van der Waals surface area contributed by atoms with Gasteiger partial charge >= 0.3 is 0 Å². The first-order valence-electron chi connectivity index (χ1n) is 5.45. The highest BCUT2D eigenvalue weighted by molar-refractivity contribution is 6.31. The van der Waals surface area contributed by atoms with Crippen molar-refractivity contribution in [3.63, 3.8) is 0 Å². The van der Waals surface area contributed by atoms with Gasteiger partial charge in [-0.25, -0.2) is 9.37 Å². The van der Waals surface area contributed by atoms with Crippen LogP contribution < -0.4 is 5.73 Å². The number of halogens is 3. The highest BCUT2D eigenvalue weighted by Gasteiger charge is 2.13. The molecule has 0 amide bonds. The number of nitrogens with two attached hydrogens (primary N) is 1. The third kappa shape index (κ3) is 2.03. The normalized spacial score (nSPS) is 11.1. The molecule has 2 heterocycles. The fraction of sp³-hybridized carbons (Fsp3) is 0. The van der Waals surface area contributed by atoms with Crippen LogP contribution in [0.4, 0.5) is 10.2 Å². The van der Waals surface area contributed by atoms with Gasteiger partial charge < -0.3 is 5.73 Å². The summed E-state index contributed by atoms with van der Waals surface area (Å²) in [6.45, 7) is 0. The molecule has 2 N–H and O–H groups in total. The molecule has 2 aromatic heterocycles. The predicted octanol–water partition coefficient (Wildman–Crippen LogP) is 4.03. The molecule has 0 radical (unpaired) electrons. The standard InChI is InChI=1S/C13H8Cl2FN3/c14-8-2-4-11-18-12(13(17)19(11)6-8)7-1-3-10(16)9(15)5-7/h1-6H,17H2. The lowest BCUT2D eigenvalue weighted by atomic mass is 10.1. The second-order valence-corrected chi connectivity index (χ2v) is 4.89. The Morgan fingerprint density at radius 2 is 1.95 bits per heavy atom. The molecule has 96 valence electrons. The van der Waals surface area contributed by atoms with Crippen molar-refractivity contribution in [3.8, 4) is 11.3 Å². The summed E-state index contributed by atoms with van der Waals surface area (Å²) in [6, 6.07) is 7.85. The Hall–Kier alpha value is -1.78. The monoisotopic (exact) mass is 295 g/mol. The average Bonchev–Trinajstić information content (AvgIpc) is 2.70. The van der Waals surface area contributed by atoms with Crippen LogP contribution in [0.3, 0.4) is 0 Å². The maximum Gasteiger partial charge on any atom is 0.141 e. The summed E-state index contributed by atoms with van der Waals surface area (Å²) < 4.78 is 14.8. The molecular formula is C13H8Cl2FN3. The summed E-state index contributed by atoms with van der Waals surface area (Å²) in [5.41, 5.74) is 7.90. The molecule has 0 atom stereocenters. The second kappa shape index (κ2) is 4.40. The Kier molecular flexibility index (Phi) is 2.84. The van der Waals surface area contributed by atoms with Crippen LogP contribution in [0, 0.1) is 5.82 Å². The number of hydrogen-bond acceptors (Lipinski definition) is 2. The van der Waals surface area contributed by atoms with Crippen LogP contribution in [0.5, 0.6) is 0 Å². The topological polar surface area (TPSA) is 43.3 Å². The maximum absolute atomic E-state index is 13.2. The summed E-state index contributed by atoms with van der Waals surface area (Å²) in [4.78, 5) is 4.39. The minimum atomic E-state index is -0.476. The van der Waals surface area contributed by atoms with Gasteiger partial charge in [-0.15, -0.1) is 0 Å². The van der Waals surface area contributed by atoms with Gasteiger partial charge in [0.2, 0.25) is 0 Å². The summed E-state index contributed by atoms with van der Waals surface area (Å²) in [5, 5.41) is 0.590. The van der Waals surface area contributed by atoms with E-state index in [1.54, 1.807) is 28.8 Å². The molecule has 0 bridgehead atoms. The highest BCUT2D eigenvalue weighted by atomic mass is 35.5. The SMILES string of the molecule is Nc1c(-c2ccc(F)c(Cl)c2)nc2ccc(Cl)cn12. The number of aromatic nitrogens is 2. The van der Waals surface area contributed by atoms with E-state index in [4.69, 9.17) is 28.9 Å². The van der Waals surface area contributed by atoms with E-state index in [2.05, 4.69) is 4.98 Å². The zero-order chi connectivity index (χ0) is 13.6. The summed E-state index contributed by atoms with van der Waals surface area (Å²) in [6.07, 6.45) is 1.67. The molecule has 3 nitrogen and oxygen atoms in total. The minimum Gasteiger partial charge on any atom is -0.383 e. The largest absolute Gasteiger partial charge is 0.383 e. The molecule has 0 aliphatic heterocycles. The molecular weight excluding hydrogens is 288 g/mol. The van der Waals surface area contributed by atoms with E-state index in [1.165, 1.54) is 12.1 Å².